The number of aryl methyl sites for hydroxylation is 1. The first-order valence-electron chi connectivity index (χ1n) is 4.38. The Morgan fingerprint density at radius 3 is 3.00 bits per heavy atom. The normalized spacial score (nSPS) is 10.6. The van der Waals surface area contributed by atoms with Crippen LogP contribution in [0.2, 0.25) is 0 Å². The number of nitrogens with zero attached hydrogens (tertiary/aromatic N) is 1. The third kappa shape index (κ3) is 4.67. The average molecular weight is 241 g/mol. The fourth-order valence-electron chi connectivity index (χ4n) is 0.830. The first kappa shape index (κ1) is 12.3. The molecule has 16 heavy (non-hydrogen) atoms. The van der Waals surface area contributed by atoms with E-state index in [4.69, 9.17) is 5.73 Å². The van der Waals surface area contributed by atoms with E-state index in [1.807, 2.05) is 17.8 Å². The molecule has 0 aliphatic carbocycles. The molecule has 0 bridgehead atoms. The first-order valence-corrected chi connectivity index (χ1v) is 5.26. The predicted octanol–water partition coefficient (Wildman–Crippen LogP) is -0.00218. The molecule has 0 unspecified atom stereocenters. The van der Waals surface area contributed by atoms with Crippen molar-refractivity contribution < 1.29 is 14.4 Å². The van der Waals surface area contributed by atoms with Gasteiger partial charge in [-0.3, -0.25) is 14.4 Å². The number of hydrogen-bond acceptors (Lipinski definition) is 5. The summed E-state index contributed by atoms with van der Waals surface area (Å²) < 4.78 is 0. The Bertz CT molecular complexity index is 414. The summed E-state index contributed by atoms with van der Waals surface area (Å²) >= 11 is 1.49. The van der Waals surface area contributed by atoms with Crippen molar-refractivity contribution in [2.24, 2.45) is 5.73 Å². The SMILES string of the molecule is Cc1nc(/C=C/C(=O)NOCC(N)=O)cs1. The summed E-state index contributed by atoms with van der Waals surface area (Å²) in [4.78, 5) is 30.0. The minimum absolute atomic E-state index is 0.352. The van der Waals surface area contributed by atoms with Crippen molar-refractivity contribution in [1.82, 2.24) is 10.5 Å². The zero-order valence-electron chi connectivity index (χ0n) is 8.60. The molecule has 0 spiro atoms. The van der Waals surface area contributed by atoms with Gasteiger partial charge in [-0.05, 0) is 13.0 Å². The standard InChI is InChI=1S/C9H11N3O3S/c1-6-11-7(5-16-6)2-3-9(14)12-15-4-8(10)13/h2-3,5H,4H2,1H3,(H2,10,13)(H,12,14)/b3-2+. The van der Waals surface area contributed by atoms with Crippen LogP contribution < -0.4 is 11.2 Å². The number of carbonyl (C=O) groups excluding carboxylic acids is 2. The molecule has 1 rings (SSSR count). The highest BCUT2D eigenvalue weighted by Gasteiger charge is 1.98. The molecule has 1 aromatic rings. The lowest BCUT2D eigenvalue weighted by Crippen LogP contribution is -2.28. The van der Waals surface area contributed by atoms with Crippen molar-refractivity contribution >= 4 is 29.2 Å². The van der Waals surface area contributed by atoms with Gasteiger partial charge in [0.25, 0.3) is 5.91 Å². The number of thiazole rings is 1. The second-order valence-electron chi connectivity index (χ2n) is 2.85. The number of nitrogens with one attached hydrogen (secondary N) is 1. The van der Waals surface area contributed by atoms with Crippen LogP contribution in [-0.4, -0.2) is 23.4 Å². The first-order chi connectivity index (χ1) is 7.58. The zero-order chi connectivity index (χ0) is 12.0. The number of rotatable bonds is 5. The number of nitrogens with two attached hydrogens (primary N) is 1. The monoisotopic (exact) mass is 241 g/mol. The van der Waals surface area contributed by atoms with Gasteiger partial charge in [0.2, 0.25) is 5.91 Å². The molecular formula is C9H11N3O3S. The molecule has 0 saturated heterocycles. The lowest BCUT2D eigenvalue weighted by Gasteiger charge is -1.99. The largest absolute Gasteiger partial charge is 0.368 e. The summed E-state index contributed by atoms with van der Waals surface area (Å²) in [6.07, 6.45) is 2.81. The Balaban J connectivity index is 2.34. The summed E-state index contributed by atoms with van der Waals surface area (Å²) in [5, 5.41) is 2.74. The van der Waals surface area contributed by atoms with Gasteiger partial charge in [-0.1, -0.05) is 0 Å². The van der Waals surface area contributed by atoms with E-state index in [1.54, 1.807) is 6.08 Å². The summed E-state index contributed by atoms with van der Waals surface area (Å²) in [5.74, 6) is -1.13. The molecule has 0 aliphatic rings. The van der Waals surface area contributed by atoms with E-state index in [9.17, 15) is 9.59 Å². The third-order valence-electron chi connectivity index (χ3n) is 1.43. The number of carbonyl (C=O) groups is 2. The van der Waals surface area contributed by atoms with Crippen LogP contribution in [0.25, 0.3) is 6.08 Å². The van der Waals surface area contributed by atoms with Crippen molar-refractivity contribution in [2.45, 2.75) is 6.92 Å². The van der Waals surface area contributed by atoms with Gasteiger partial charge >= 0.3 is 0 Å². The number of amides is 2. The number of primary amides is 1. The molecule has 0 atom stereocenters. The van der Waals surface area contributed by atoms with E-state index >= 15 is 0 Å². The van der Waals surface area contributed by atoms with Crippen LogP contribution in [0.3, 0.4) is 0 Å². The Morgan fingerprint density at radius 2 is 2.44 bits per heavy atom. The molecule has 0 saturated carbocycles. The van der Waals surface area contributed by atoms with Gasteiger partial charge in [0.1, 0.15) is 0 Å². The average Bonchev–Trinajstić information content (AvgIpc) is 2.61. The Morgan fingerprint density at radius 1 is 1.69 bits per heavy atom. The molecule has 3 N–H and O–H groups in total. The lowest BCUT2D eigenvalue weighted by molar-refractivity contribution is -0.134. The zero-order valence-corrected chi connectivity index (χ0v) is 9.41. The molecule has 0 aromatic carbocycles. The van der Waals surface area contributed by atoms with Crippen LogP contribution >= 0.6 is 11.3 Å². The second-order valence-corrected chi connectivity index (χ2v) is 3.91. The van der Waals surface area contributed by atoms with Gasteiger partial charge in [-0.2, -0.15) is 0 Å². The van der Waals surface area contributed by atoms with Crippen LogP contribution in [0, 0.1) is 6.92 Å². The van der Waals surface area contributed by atoms with Gasteiger partial charge < -0.3 is 5.73 Å². The summed E-state index contributed by atoms with van der Waals surface area (Å²) in [6.45, 7) is 1.52. The third-order valence-corrected chi connectivity index (χ3v) is 2.22. The van der Waals surface area contributed by atoms with E-state index in [1.165, 1.54) is 17.4 Å². The van der Waals surface area contributed by atoms with E-state index in [0.29, 0.717) is 5.69 Å². The van der Waals surface area contributed by atoms with Crippen LogP contribution in [0.4, 0.5) is 0 Å². The van der Waals surface area contributed by atoms with Gasteiger partial charge in [-0.25, -0.2) is 10.5 Å². The number of aromatic nitrogens is 1. The smallest absolute Gasteiger partial charge is 0.267 e. The van der Waals surface area contributed by atoms with Gasteiger partial charge in [0.15, 0.2) is 6.61 Å². The van der Waals surface area contributed by atoms with E-state index in [2.05, 4.69) is 9.82 Å². The highest BCUT2D eigenvalue weighted by Crippen LogP contribution is 2.08. The fraction of sp³-hybridized carbons (Fsp3) is 0.222. The molecule has 0 fully saturated rings. The fourth-order valence-corrected chi connectivity index (χ4v) is 1.41. The van der Waals surface area contributed by atoms with Crippen molar-refractivity contribution in [3.63, 3.8) is 0 Å². The van der Waals surface area contributed by atoms with Crippen LogP contribution in [0.1, 0.15) is 10.7 Å². The van der Waals surface area contributed by atoms with E-state index in [-0.39, 0.29) is 6.61 Å². The van der Waals surface area contributed by atoms with Crippen molar-refractivity contribution in [2.75, 3.05) is 6.61 Å². The Labute approximate surface area is 96.1 Å². The van der Waals surface area contributed by atoms with Crippen LogP contribution in [-0.2, 0) is 14.4 Å². The summed E-state index contributed by atoms with van der Waals surface area (Å²) in [5.41, 5.74) is 7.55. The second kappa shape index (κ2) is 5.99. The molecule has 6 nitrogen and oxygen atoms in total. The van der Waals surface area contributed by atoms with Crippen molar-refractivity contribution in [1.29, 1.82) is 0 Å². The molecule has 1 aromatic heterocycles. The maximum Gasteiger partial charge on any atom is 0.267 e. The van der Waals surface area contributed by atoms with Crippen molar-refractivity contribution in [3.8, 4) is 0 Å². The molecular weight excluding hydrogens is 230 g/mol. The van der Waals surface area contributed by atoms with Gasteiger partial charge in [-0.15, -0.1) is 11.3 Å². The quantitative estimate of drug-likeness (QED) is 0.560. The summed E-state index contributed by atoms with van der Waals surface area (Å²) in [6, 6.07) is 0. The van der Waals surface area contributed by atoms with E-state index < -0.39 is 11.8 Å². The number of hydroxylamine groups is 1. The molecule has 2 amide bonds. The molecule has 0 radical (unpaired) electrons. The Hall–Kier alpha value is -1.73. The lowest BCUT2D eigenvalue weighted by atomic mass is 10.4. The Kier molecular flexibility index (Phi) is 4.62. The highest BCUT2D eigenvalue weighted by atomic mass is 32.1. The maximum absolute atomic E-state index is 11.1. The molecule has 1 heterocycles. The minimum atomic E-state index is -0.653. The minimum Gasteiger partial charge on any atom is -0.368 e. The molecule has 86 valence electrons. The summed E-state index contributed by atoms with van der Waals surface area (Å²) in [7, 11) is 0. The topological polar surface area (TPSA) is 94.3 Å². The highest BCUT2D eigenvalue weighted by molar-refractivity contribution is 7.09. The van der Waals surface area contributed by atoms with Gasteiger partial charge in [0.05, 0.1) is 10.7 Å². The molecule has 7 heteroatoms. The van der Waals surface area contributed by atoms with Crippen LogP contribution in [0.5, 0.6) is 0 Å². The molecule has 0 aliphatic heterocycles. The maximum atomic E-state index is 11.1. The van der Waals surface area contributed by atoms with Crippen LogP contribution in [0.15, 0.2) is 11.5 Å². The number of hydrogen-bond donors (Lipinski definition) is 2. The van der Waals surface area contributed by atoms with Gasteiger partial charge in [0, 0.05) is 11.5 Å². The van der Waals surface area contributed by atoms with E-state index in [0.717, 1.165) is 5.01 Å². The van der Waals surface area contributed by atoms with Crippen molar-refractivity contribution in [3.05, 3.63) is 22.2 Å². The predicted molar refractivity (Wildman–Crippen MR) is 59.2 cm³/mol.